The molecule has 0 aliphatic heterocycles. The molecule has 0 bridgehead atoms. The van der Waals surface area contributed by atoms with Crippen LogP contribution in [-0.2, 0) is 4.79 Å². The molecule has 3 aromatic rings. The third-order valence-electron chi connectivity index (χ3n) is 4.57. The molecule has 0 aliphatic carbocycles. The molecule has 2 aromatic carbocycles. The van der Waals surface area contributed by atoms with Crippen LogP contribution < -0.4 is 10.2 Å². The van der Waals surface area contributed by atoms with Crippen LogP contribution in [0.3, 0.4) is 0 Å². The van der Waals surface area contributed by atoms with Gasteiger partial charge in [0, 0.05) is 37.9 Å². The first-order valence-corrected chi connectivity index (χ1v) is 8.90. The van der Waals surface area contributed by atoms with Gasteiger partial charge in [-0.15, -0.1) is 0 Å². The lowest BCUT2D eigenvalue weighted by Crippen LogP contribution is -2.20. The van der Waals surface area contributed by atoms with E-state index >= 15 is 0 Å². The first-order chi connectivity index (χ1) is 12.9. The standard InChI is InChI=1S/C22H24FN3O/c1-16-9-10-19(14-20(16)25(2)3)24-22(27)15-21(26-11-4-5-12-26)17-7-6-8-18(23)13-17/h4-14,21H,15H2,1-3H3,(H,24,27)/t21-/m0/s1. The maximum Gasteiger partial charge on any atom is 0.226 e. The van der Waals surface area contributed by atoms with Crippen LogP contribution in [0, 0.1) is 12.7 Å². The normalized spacial score (nSPS) is 11.9. The first-order valence-electron chi connectivity index (χ1n) is 8.90. The average molecular weight is 365 g/mol. The van der Waals surface area contributed by atoms with Gasteiger partial charge in [0.2, 0.25) is 5.91 Å². The van der Waals surface area contributed by atoms with E-state index in [1.54, 1.807) is 6.07 Å². The monoisotopic (exact) mass is 365 g/mol. The van der Waals surface area contributed by atoms with Gasteiger partial charge in [-0.1, -0.05) is 18.2 Å². The molecule has 5 heteroatoms. The van der Waals surface area contributed by atoms with Crippen molar-refractivity contribution in [2.45, 2.75) is 19.4 Å². The highest BCUT2D eigenvalue weighted by Gasteiger charge is 2.18. The number of hydrogen-bond acceptors (Lipinski definition) is 2. The van der Waals surface area contributed by atoms with Crippen molar-refractivity contribution < 1.29 is 9.18 Å². The number of aryl methyl sites for hydroxylation is 1. The predicted molar refractivity (Wildman–Crippen MR) is 108 cm³/mol. The van der Waals surface area contributed by atoms with E-state index in [9.17, 15) is 9.18 Å². The maximum atomic E-state index is 13.7. The van der Waals surface area contributed by atoms with Crippen LogP contribution in [0.2, 0.25) is 0 Å². The molecule has 0 radical (unpaired) electrons. The SMILES string of the molecule is Cc1ccc(NC(=O)C[C@@H](c2cccc(F)c2)n2cccc2)cc1N(C)C. The number of nitrogens with zero attached hydrogens (tertiary/aromatic N) is 2. The van der Waals surface area contributed by atoms with Gasteiger partial charge in [-0.05, 0) is 54.4 Å². The van der Waals surface area contributed by atoms with Gasteiger partial charge < -0.3 is 14.8 Å². The molecule has 0 fully saturated rings. The molecular formula is C22H24FN3O. The number of anilines is 2. The molecule has 0 saturated heterocycles. The number of hydrogen-bond donors (Lipinski definition) is 1. The molecule has 0 unspecified atom stereocenters. The van der Waals surface area contributed by atoms with Gasteiger partial charge in [0.25, 0.3) is 0 Å². The second-order valence-electron chi connectivity index (χ2n) is 6.85. The quantitative estimate of drug-likeness (QED) is 0.692. The van der Waals surface area contributed by atoms with E-state index in [4.69, 9.17) is 0 Å². The summed E-state index contributed by atoms with van der Waals surface area (Å²) in [6.07, 6.45) is 3.99. The average Bonchev–Trinajstić information content (AvgIpc) is 3.15. The second kappa shape index (κ2) is 8.08. The number of carbonyl (C=O) groups excluding carboxylic acids is 1. The van der Waals surface area contributed by atoms with Crippen LogP contribution in [0.15, 0.2) is 67.0 Å². The van der Waals surface area contributed by atoms with E-state index in [1.807, 2.05) is 79.3 Å². The Kier molecular flexibility index (Phi) is 5.60. The van der Waals surface area contributed by atoms with Gasteiger partial charge >= 0.3 is 0 Å². The van der Waals surface area contributed by atoms with Crippen molar-refractivity contribution in [3.8, 4) is 0 Å². The van der Waals surface area contributed by atoms with Crippen molar-refractivity contribution in [1.82, 2.24) is 4.57 Å². The number of carbonyl (C=O) groups is 1. The molecule has 27 heavy (non-hydrogen) atoms. The Hall–Kier alpha value is -3.08. The third kappa shape index (κ3) is 4.56. The number of benzene rings is 2. The Balaban J connectivity index is 1.80. The van der Waals surface area contributed by atoms with Crippen LogP contribution in [-0.4, -0.2) is 24.6 Å². The van der Waals surface area contributed by atoms with Gasteiger partial charge in [0.05, 0.1) is 12.5 Å². The van der Waals surface area contributed by atoms with E-state index in [2.05, 4.69) is 5.32 Å². The van der Waals surface area contributed by atoms with Crippen molar-refractivity contribution in [2.24, 2.45) is 0 Å². The molecule has 1 heterocycles. The lowest BCUT2D eigenvalue weighted by atomic mass is 10.0. The van der Waals surface area contributed by atoms with E-state index in [-0.39, 0.29) is 24.2 Å². The van der Waals surface area contributed by atoms with Gasteiger partial charge in [0.1, 0.15) is 5.82 Å². The molecular weight excluding hydrogens is 341 g/mol. The smallest absolute Gasteiger partial charge is 0.226 e. The molecule has 0 aliphatic rings. The molecule has 4 nitrogen and oxygen atoms in total. The number of rotatable bonds is 6. The summed E-state index contributed by atoms with van der Waals surface area (Å²) in [5, 5.41) is 2.97. The summed E-state index contributed by atoms with van der Waals surface area (Å²) in [6.45, 7) is 2.03. The molecule has 0 spiro atoms. The van der Waals surface area contributed by atoms with Crippen molar-refractivity contribution in [3.63, 3.8) is 0 Å². The predicted octanol–water partition coefficient (Wildman–Crippen LogP) is 4.62. The zero-order valence-corrected chi connectivity index (χ0v) is 15.8. The van der Waals surface area contributed by atoms with Crippen LogP contribution in [0.1, 0.15) is 23.6 Å². The lowest BCUT2D eigenvalue weighted by molar-refractivity contribution is -0.116. The summed E-state index contributed by atoms with van der Waals surface area (Å²) in [5.41, 5.74) is 3.71. The third-order valence-corrected chi connectivity index (χ3v) is 4.57. The topological polar surface area (TPSA) is 37.3 Å². The van der Waals surface area contributed by atoms with Gasteiger partial charge in [-0.25, -0.2) is 4.39 Å². The Labute approximate surface area is 159 Å². The first kappa shape index (κ1) is 18.7. The number of nitrogens with one attached hydrogen (secondary N) is 1. The van der Waals surface area contributed by atoms with Gasteiger partial charge in [-0.3, -0.25) is 4.79 Å². The summed E-state index contributed by atoms with van der Waals surface area (Å²) >= 11 is 0. The Bertz CT molecular complexity index is 919. The zero-order valence-electron chi connectivity index (χ0n) is 15.8. The summed E-state index contributed by atoms with van der Waals surface area (Å²) in [5.74, 6) is -0.425. The van der Waals surface area contributed by atoms with Crippen LogP contribution in [0.25, 0.3) is 0 Å². The summed E-state index contributed by atoms with van der Waals surface area (Å²) in [4.78, 5) is 14.7. The fourth-order valence-electron chi connectivity index (χ4n) is 3.22. The number of aromatic nitrogens is 1. The molecule has 1 atom stereocenters. The molecule has 1 amide bonds. The van der Waals surface area contributed by atoms with E-state index in [0.29, 0.717) is 0 Å². The minimum absolute atomic E-state index is 0.119. The molecule has 0 saturated carbocycles. The highest BCUT2D eigenvalue weighted by atomic mass is 19.1. The summed E-state index contributed by atoms with van der Waals surface area (Å²) in [7, 11) is 3.94. The minimum atomic E-state index is -0.306. The lowest BCUT2D eigenvalue weighted by Gasteiger charge is -2.20. The molecule has 1 N–H and O–H groups in total. The molecule has 3 rings (SSSR count). The van der Waals surface area contributed by atoms with Crippen LogP contribution >= 0.6 is 0 Å². The molecule has 140 valence electrons. The molecule has 1 aromatic heterocycles. The van der Waals surface area contributed by atoms with Crippen molar-refractivity contribution >= 4 is 17.3 Å². The Morgan fingerprint density at radius 2 is 1.85 bits per heavy atom. The largest absolute Gasteiger partial charge is 0.377 e. The van der Waals surface area contributed by atoms with Gasteiger partial charge in [0.15, 0.2) is 0 Å². The number of amides is 1. The Morgan fingerprint density at radius 3 is 2.52 bits per heavy atom. The summed E-state index contributed by atoms with van der Waals surface area (Å²) in [6, 6.07) is 15.8. The number of halogens is 1. The minimum Gasteiger partial charge on any atom is -0.377 e. The van der Waals surface area contributed by atoms with Crippen LogP contribution in [0.4, 0.5) is 15.8 Å². The van der Waals surface area contributed by atoms with Crippen molar-refractivity contribution in [3.05, 3.63) is 83.9 Å². The second-order valence-corrected chi connectivity index (χ2v) is 6.85. The highest BCUT2D eigenvalue weighted by Crippen LogP contribution is 2.26. The van der Waals surface area contributed by atoms with E-state index < -0.39 is 0 Å². The highest BCUT2D eigenvalue weighted by molar-refractivity contribution is 5.92. The van der Waals surface area contributed by atoms with E-state index in [1.165, 1.54) is 12.1 Å². The summed E-state index contributed by atoms with van der Waals surface area (Å²) < 4.78 is 15.6. The van der Waals surface area contributed by atoms with E-state index in [0.717, 1.165) is 22.5 Å². The van der Waals surface area contributed by atoms with Gasteiger partial charge in [-0.2, -0.15) is 0 Å². The fourth-order valence-corrected chi connectivity index (χ4v) is 3.22. The fraction of sp³-hybridized carbons (Fsp3) is 0.227. The van der Waals surface area contributed by atoms with Crippen molar-refractivity contribution in [2.75, 3.05) is 24.3 Å². The van der Waals surface area contributed by atoms with Crippen molar-refractivity contribution in [1.29, 1.82) is 0 Å². The van der Waals surface area contributed by atoms with Crippen LogP contribution in [0.5, 0.6) is 0 Å². The maximum absolute atomic E-state index is 13.7. The zero-order chi connectivity index (χ0) is 19.4. The Morgan fingerprint density at radius 1 is 1.11 bits per heavy atom.